The van der Waals surface area contributed by atoms with Crippen molar-refractivity contribution in [1.29, 1.82) is 0 Å². The van der Waals surface area contributed by atoms with Crippen LogP contribution < -0.4 is 0 Å². The van der Waals surface area contributed by atoms with Crippen molar-refractivity contribution < 1.29 is 9.53 Å². The minimum Gasteiger partial charge on any atom is -0.375 e. The molecule has 0 spiro atoms. The van der Waals surface area contributed by atoms with Crippen LogP contribution in [0.1, 0.15) is 34.6 Å². The maximum absolute atomic E-state index is 12.0. The fourth-order valence-electron chi connectivity index (χ4n) is 1.62. The molecule has 1 amide bonds. The molecular weight excluding hydrogens is 178 g/mol. The number of carbonyl (C=O) groups is 1. The van der Waals surface area contributed by atoms with Gasteiger partial charge >= 0.3 is 0 Å². The number of nitrogens with zero attached hydrogens (tertiary/aromatic N) is 1. The molecule has 2 atom stereocenters. The number of rotatable bonds is 0. The standard InChI is InChI=1S/C11H21NO2/c1-8-7-14-9(2)6-12(8)10(13)11(3,4)5/h8-9H,6-7H2,1-5H3. The van der Waals surface area contributed by atoms with E-state index in [0.717, 1.165) is 6.54 Å². The Morgan fingerprint density at radius 2 is 1.93 bits per heavy atom. The first kappa shape index (κ1) is 11.5. The molecule has 3 nitrogen and oxygen atoms in total. The van der Waals surface area contributed by atoms with E-state index in [4.69, 9.17) is 4.74 Å². The molecule has 1 saturated heterocycles. The van der Waals surface area contributed by atoms with Crippen LogP contribution in [0.4, 0.5) is 0 Å². The topological polar surface area (TPSA) is 29.5 Å². The normalized spacial score (nSPS) is 29.1. The second-order valence-electron chi connectivity index (χ2n) is 5.20. The molecule has 0 aromatic heterocycles. The van der Waals surface area contributed by atoms with Crippen LogP contribution in [-0.2, 0) is 9.53 Å². The summed E-state index contributed by atoms with van der Waals surface area (Å²) in [4.78, 5) is 14.0. The minimum atomic E-state index is -0.286. The van der Waals surface area contributed by atoms with Crippen LogP contribution in [-0.4, -0.2) is 36.1 Å². The van der Waals surface area contributed by atoms with E-state index in [-0.39, 0.29) is 23.5 Å². The summed E-state index contributed by atoms with van der Waals surface area (Å²) in [6.07, 6.45) is 0.164. The van der Waals surface area contributed by atoms with Crippen molar-refractivity contribution in [3.05, 3.63) is 0 Å². The summed E-state index contributed by atoms with van der Waals surface area (Å²) in [5, 5.41) is 0. The van der Waals surface area contributed by atoms with E-state index in [1.165, 1.54) is 0 Å². The molecule has 0 radical (unpaired) electrons. The third kappa shape index (κ3) is 2.47. The zero-order valence-corrected chi connectivity index (χ0v) is 9.83. The van der Waals surface area contributed by atoms with Crippen LogP contribution in [0.5, 0.6) is 0 Å². The Bertz CT molecular complexity index is 220. The van der Waals surface area contributed by atoms with Crippen molar-refractivity contribution in [1.82, 2.24) is 4.90 Å². The zero-order valence-electron chi connectivity index (χ0n) is 9.83. The Labute approximate surface area is 86.4 Å². The summed E-state index contributed by atoms with van der Waals surface area (Å²) >= 11 is 0. The molecule has 82 valence electrons. The lowest BCUT2D eigenvalue weighted by atomic mass is 9.93. The number of hydrogen-bond donors (Lipinski definition) is 0. The molecule has 3 heteroatoms. The summed E-state index contributed by atoms with van der Waals surface area (Å²) in [5.41, 5.74) is -0.286. The molecule has 2 unspecified atom stereocenters. The van der Waals surface area contributed by atoms with Crippen LogP contribution in [0, 0.1) is 5.41 Å². The van der Waals surface area contributed by atoms with Gasteiger partial charge in [0.05, 0.1) is 18.8 Å². The van der Waals surface area contributed by atoms with Crippen LogP contribution >= 0.6 is 0 Å². The minimum absolute atomic E-state index is 0.164. The molecule has 14 heavy (non-hydrogen) atoms. The monoisotopic (exact) mass is 199 g/mol. The molecular formula is C11H21NO2. The van der Waals surface area contributed by atoms with Gasteiger partial charge in [-0.15, -0.1) is 0 Å². The van der Waals surface area contributed by atoms with Gasteiger partial charge in [0.25, 0.3) is 0 Å². The van der Waals surface area contributed by atoms with Gasteiger partial charge in [-0.05, 0) is 13.8 Å². The quantitative estimate of drug-likeness (QED) is 0.594. The van der Waals surface area contributed by atoms with Crippen LogP contribution in [0.15, 0.2) is 0 Å². The summed E-state index contributed by atoms with van der Waals surface area (Å²) in [6.45, 7) is 11.3. The Kier molecular flexibility index (Phi) is 3.20. The molecule has 1 fully saturated rings. The molecule has 1 aliphatic heterocycles. The lowest BCUT2D eigenvalue weighted by Gasteiger charge is -2.40. The molecule has 0 bridgehead atoms. The van der Waals surface area contributed by atoms with E-state index >= 15 is 0 Å². The highest BCUT2D eigenvalue weighted by Crippen LogP contribution is 2.22. The number of carbonyl (C=O) groups excluding carboxylic acids is 1. The largest absolute Gasteiger partial charge is 0.375 e. The fraction of sp³-hybridized carbons (Fsp3) is 0.909. The fourth-order valence-corrected chi connectivity index (χ4v) is 1.62. The zero-order chi connectivity index (χ0) is 10.9. The SMILES string of the molecule is CC1CN(C(=O)C(C)(C)C)C(C)CO1. The lowest BCUT2D eigenvalue weighted by molar-refractivity contribution is -0.151. The molecule has 1 aliphatic rings. The highest BCUT2D eigenvalue weighted by Gasteiger charge is 2.33. The third-order valence-corrected chi connectivity index (χ3v) is 2.51. The first-order valence-corrected chi connectivity index (χ1v) is 5.25. The Morgan fingerprint density at radius 1 is 1.36 bits per heavy atom. The average molecular weight is 199 g/mol. The summed E-state index contributed by atoms with van der Waals surface area (Å²) in [6, 6.07) is 0.206. The first-order chi connectivity index (χ1) is 6.32. The van der Waals surface area contributed by atoms with Crippen LogP contribution in [0.3, 0.4) is 0 Å². The van der Waals surface area contributed by atoms with Crippen molar-refractivity contribution in [3.63, 3.8) is 0 Å². The second kappa shape index (κ2) is 3.89. The summed E-state index contributed by atoms with van der Waals surface area (Å²) in [5.74, 6) is 0.222. The van der Waals surface area contributed by atoms with Crippen LogP contribution in [0.25, 0.3) is 0 Å². The molecule has 1 heterocycles. The van der Waals surface area contributed by atoms with Gasteiger partial charge in [0.1, 0.15) is 0 Å². The Hall–Kier alpha value is -0.570. The molecule has 0 aromatic rings. The van der Waals surface area contributed by atoms with E-state index in [9.17, 15) is 4.79 Å². The molecule has 1 rings (SSSR count). The van der Waals surface area contributed by atoms with Crippen molar-refractivity contribution >= 4 is 5.91 Å². The van der Waals surface area contributed by atoms with Crippen molar-refractivity contribution in [2.45, 2.75) is 46.8 Å². The molecule has 0 aliphatic carbocycles. The maximum atomic E-state index is 12.0. The predicted octanol–water partition coefficient (Wildman–Crippen LogP) is 1.67. The smallest absolute Gasteiger partial charge is 0.228 e. The van der Waals surface area contributed by atoms with E-state index in [1.807, 2.05) is 39.5 Å². The van der Waals surface area contributed by atoms with E-state index in [1.54, 1.807) is 0 Å². The number of hydrogen-bond acceptors (Lipinski definition) is 2. The van der Waals surface area contributed by atoms with Crippen molar-refractivity contribution in [2.75, 3.05) is 13.2 Å². The first-order valence-electron chi connectivity index (χ1n) is 5.25. The molecule has 0 saturated carbocycles. The third-order valence-electron chi connectivity index (χ3n) is 2.51. The Balaban J connectivity index is 2.70. The average Bonchev–Trinajstić information content (AvgIpc) is 2.06. The van der Waals surface area contributed by atoms with Crippen molar-refractivity contribution in [2.24, 2.45) is 5.41 Å². The maximum Gasteiger partial charge on any atom is 0.228 e. The van der Waals surface area contributed by atoms with Gasteiger partial charge in [0.2, 0.25) is 5.91 Å². The summed E-state index contributed by atoms with van der Waals surface area (Å²) < 4.78 is 5.49. The van der Waals surface area contributed by atoms with Crippen LogP contribution in [0.2, 0.25) is 0 Å². The van der Waals surface area contributed by atoms with E-state index < -0.39 is 0 Å². The highest BCUT2D eigenvalue weighted by atomic mass is 16.5. The predicted molar refractivity (Wildman–Crippen MR) is 56.0 cm³/mol. The lowest BCUT2D eigenvalue weighted by Crippen LogP contribution is -2.53. The van der Waals surface area contributed by atoms with Gasteiger partial charge in [-0.1, -0.05) is 20.8 Å². The number of morpholine rings is 1. The van der Waals surface area contributed by atoms with Gasteiger partial charge in [-0.3, -0.25) is 4.79 Å². The number of ether oxygens (including phenoxy) is 1. The van der Waals surface area contributed by atoms with E-state index in [2.05, 4.69) is 0 Å². The van der Waals surface area contributed by atoms with Gasteiger partial charge in [0, 0.05) is 12.0 Å². The molecule has 0 aromatic carbocycles. The van der Waals surface area contributed by atoms with Crippen molar-refractivity contribution in [3.8, 4) is 0 Å². The van der Waals surface area contributed by atoms with Gasteiger partial charge in [-0.25, -0.2) is 0 Å². The Morgan fingerprint density at radius 3 is 2.43 bits per heavy atom. The second-order valence-corrected chi connectivity index (χ2v) is 5.20. The van der Waals surface area contributed by atoms with Gasteiger partial charge < -0.3 is 9.64 Å². The van der Waals surface area contributed by atoms with E-state index in [0.29, 0.717) is 6.61 Å². The highest BCUT2D eigenvalue weighted by molar-refractivity contribution is 5.81. The van der Waals surface area contributed by atoms with Gasteiger partial charge in [0.15, 0.2) is 0 Å². The molecule has 0 N–H and O–H groups in total. The van der Waals surface area contributed by atoms with Gasteiger partial charge in [-0.2, -0.15) is 0 Å². The number of amides is 1. The summed E-state index contributed by atoms with van der Waals surface area (Å²) in [7, 11) is 0.